The zero-order valence-corrected chi connectivity index (χ0v) is 12.1. The standard InChI is InChI=1S/C15H22N2O2/c1-5-10(3)14(16-6-2)11-7-8-12-13(9-11)19-15(18)17(12)4/h7-10,14,16H,5-6H2,1-4H3. The van der Waals surface area contributed by atoms with Crippen molar-refractivity contribution in [3.63, 3.8) is 0 Å². The van der Waals surface area contributed by atoms with E-state index in [1.807, 2.05) is 12.1 Å². The van der Waals surface area contributed by atoms with Gasteiger partial charge in [-0.05, 0) is 30.2 Å². The van der Waals surface area contributed by atoms with E-state index >= 15 is 0 Å². The summed E-state index contributed by atoms with van der Waals surface area (Å²) in [6, 6.07) is 6.32. The number of fused-ring (bicyclic) bond motifs is 1. The fraction of sp³-hybridized carbons (Fsp3) is 0.533. The number of benzene rings is 1. The molecule has 0 aliphatic heterocycles. The van der Waals surface area contributed by atoms with Crippen molar-refractivity contribution in [3.05, 3.63) is 34.3 Å². The minimum atomic E-state index is -0.310. The van der Waals surface area contributed by atoms with Gasteiger partial charge < -0.3 is 9.73 Å². The van der Waals surface area contributed by atoms with Crippen LogP contribution in [0.25, 0.3) is 11.1 Å². The third-order valence-corrected chi connectivity index (χ3v) is 3.81. The molecule has 0 bridgehead atoms. The van der Waals surface area contributed by atoms with Crippen LogP contribution in [0.4, 0.5) is 0 Å². The van der Waals surface area contributed by atoms with Crippen molar-refractivity contribution in [2.24, 2.45) is 13.0 Å². The van der Waals surface area contributed by atoms with Gasteiger partial charge >= 0.3 is 5.76 Å². The summed E-state index contributed by atoms with van der Waals surface area (Å²) >= 11 is 0. The molecule has 4 nitrogen and oxygen atoms in total. The Kier molecular flexibility index (Phi) is 4.10. The summed E-state index contributed by atoms with van der Waals surface area (Å²) in [5.41, 5.74) is 2.68. The summed E-state index contributed by atoms with van der Waals surface area (Å²) in [4.78, 5) is 11.5. The van der Waals surface area contributed by atoms with E-state index in [0.717, 1.165) is 18.5 Å². The van der Waals surface area contributed by atoms with Crippen LogP contribution in [-0.4, -0.2) is 11.1 Å². The van der Waals surface area contributed by atoms with Crippen molar-refractivity contribution in [3.8, 4) is 0 Å². The Morgan fingerprint density at radius 3 is 2.74 bits per heavy atom. The Morgan fingerprint density at radius 2 is 2.11 bits per heavy atom. The number of oxazole rings is 1. The molecule has 4 heteroatoms. The topological polar surface area (TPSA) is 47.2 Å². The summed E-state index contributed by atoms with van der Waals surface area (Å²) in [5, 5.41) is 3.51. The van der Waals surface area contributed by atoms with E-state index in [1.54, 1.807) is 7.05 Å². The Hall–Kier alpha value is -1.55. The molecular weight excluding hydrogens is 240 g/mol. The largest absolute Gasteiger partial charge is 0.419 e. The first-order chi connectivity index (χ1) is 9.08. The predicted molar refractivity (Wildman–Crippen MR) is 77.3 cm³/mol. The predicted octanol–water partition coefficient (Wildman–Crippen LogP) is 2.83. The van der Waals surface area contributed by atoms with Gasteiger partial charge in [-0.25, -0.2) is 4.79 Å². The van der Waals surface area contributed by atoms with Gasteiger partial charge in [0.25, 0.3) is 0 Å². The molecule has 2 unspecified atom stereocenters. The third kappa shape index (κ3) is 2.59. The third-order valence-electron chi connectivity index (χ3n) is 3.81. The molecule has 2 atom stereocenters. The average Bonchev–Trinajstić information content (AvgIpc) is 2.70. The number of hydrogen-bond donors (Lipinski definition) is 1. The Labute approximate surface area is 113 Å². The molecule has 0 fully saturated rings. The molecule has 0 aliphatic rings. The van der Waals surface area contributed by atoms with E-state index in [9.17, 15) is 4.79 Å². The van der Waals surface area contributed by atoms with Crippen LogP contribution in [0.5, 0.6) is 0 Å². The number of rotatable bonds is 5. The molecule has 2 rings (SSSR count). The molecule has 0 aliphatic carbocycles. The molecule has 0 radical (unpaired) electrons. The van der Waals surface area contributed by atoms with E-state index in [4.69, 9.17) is 4.42 Å². The lowest BCUT2D eigenvalue weighted by Gasteiger charge is -2.24. The van der Waals surface area contributed by atoms with Gasteiger partial charge in [0, 0.05) is 13.1 Å². The zero-order valence-electron chi connectivity index (χ0n) is 12.1. The summed E-state index contributed by atoms with van der Waals surface area (Å²) in [6.07, 6.45) is 1.11. The van der Waals surface area contributed by atoms with Crippen LogP contribution < -0.4 is 11.1 Å². The highest BCUT2D eigenvalue weighted by molar-refractivity contribution is 5.73. The van der Waals surface area contributed by atoms with Crippen molar-refractivity contribution in [1.29, 1.82) is 0 Å². The van der Waals surface area contributed by atoms with Gasteiger partial charge in [-0.1, -0.05) is 33.3 Å². The second kappa shape index (κ2) is 5.61. The van der Waals surface area contributed by atoms with Gasteiger partial charge in [-0.2, -0.15) is 0 Å². The van der Waals surface area contributed by atoms with Crippen molar-refractivity contribution < 1.29 is 4.42 Å². The Balaban J connectivity index is 2.45. The molecule has 0 saturated heterocycles. The van der Waals surface area contributed by atoms with E-state index < -0.39 is 0 Å². The lowest BCUT2D eigenvalue weighted by molar-refractivity contribution is 0.384. The summed E-state index contributed by atoms with van der Waals surface area (Å²) in [6.45, 7) is 7.46. The van der Waals surface area contributed by atoms with Crippen molar-refractivity contribution in [2.75, 3.05) is 6.54 Å². The minimum absolute atomic E-state index is 0.296. The second-order valence-corrected chi connectivity index (χ2v) is 5.08. The van der Waals surface area contributed by atoms with Gasteiger partial charge in [-0.15, -0.1) is 0 Å². The average molecular weight is 262 g/mol. The first kappa shape index (κ1) is 13.9. The highest BCUT2D eigenvalue weighted by Crippen LogP contribution is 2.26. The van der Waals surface area contributed by atoms with Gasteiger partial charge in [0.05, 0.1) is 5.52 Å². The van der Waals surface area contributed by atoms with Gasteiger partial charge in [0.1, 0.15) is 0 Å². The summed E-state index contributed by atoms with van der Waals surface area (Å²) in [7, 11) is 1.73. The number of nitrogens with one attached hydrogen (secondary N) is 1. The molecular formula is C15H22N2O2. The van der Waals surface area contributed by atoms with Crippen molar-refractivity contribution in [1.82, 2.24) is 9.88 Å². The van der Waals surface area contributed by atoms with Gasteiger partial charge in [0.15, 0.2) is 5.58 Å². The fourth-order valence-electron chi connectivity index (χ4n) is 2.45. The molecule has 0 amide bonds. The minimum Gasteiger partial charge on any atom is -0.408 e. The zero-order chi connectivity index (χ0) is 14.0. The van der Waals surface area contributed by atoms with Crippen LogP contribution in [0.2, 0.25) is 0 Å². The number of hydrogen-bond acceptors (Lipinski definition) is 3. The van der Waals surface area contributed by atoms with Crippen molar-refractivity contribution in [2.45, 2.75) is 33.2 Å². The first-order valence-corrected chi connectivity index (χ1v) is 6.91. The first-order valence-electron chi connectivity index (χ1n) is 6.91. The SMILES string of the molecule is CCNC(c1ccc2c(c1)oc(=O)n2C)C(C)CC. The number of aryl methyl sites for hydroxylation is 1. The molecule has 0 saturated carbocycles. The molecule has 1 heterocycles. The Bertz CT molecular complexity index is 612. The molecule has 104 valence electrons. The highest BCUT2D eigenvalue weighted by atomic mass is 16.4. The lowest BCUT2D eigenvalue weighted by Crippen LogP contribution is -2.26. The van der Waals surface area contributed by atoms with Crippen LogP contribution in [0.15, 0.2) is 27.4 Å². The molecule has 1 aromatic carbocycles. The van der Waals surface area contributed by atoms with Crippen LogP contribution >= 0.6 is 0 Å². The van der Waals surface area contributed by atoms with Crippen molar-refractivity contribution >= 4 is 11.1 Å². The number of nitrogens with zero attached hydrogens (tertiary/aromatic N) is 1. The summed E-state index contributed by atoms with van der Waals surface area (Å²) in [5.74, 6) is 0.225. The quantitative estimate of drug-likeness (QED) is 0.901. The highest BCUT2D eigenvalue weighted by Gasteiger charge is 2.18. The Morgan fingerprint density at radius 1 is 1.37 bits per heavy atom. The molecule has 19 heavy (non-hydrogen) atoms. The maximum absolute atomic E-state index is 11.5. The van der Waals surface area contributed by atoms with E-state index in [2.05, 4.69) is 32.2 Å². The number of aromatic nitrogens is 1. The van der Waals surface area contributed by atoms with E-state index in [-0.39, 0.29) is 5.76 Å². The molecule has 0 spiro atoms. The van der Waals surface area contributed by atoms with Crippen LogP contribution in [0, 0.1) is 5.92 Å². The smallest absolute Gasteiger partial charge is 0.408 e. The van der Waals surface area contributed by atoms with Gasteiger partial charge in [0.2, 0.25) is 0 Å². The fourth-order valence-corrected chi connectivity index (χ4v) is 2.45. The molecule has 2 aromatic rings. The maximum atomic E-state index is 11.5. The lowest BCUT2D eigenvalue weighted by atomic mass is 9.92. The molecule has 1 aromatic heterocycles. The van der Waals surface area contributed by atoms with E-state index in [0.29, 0.717) is 17.5 Å². The van der Waals surface area contributed by atoms with E-state index in [1.165, 1.54) is 10.1 Å². The maximum Gasteiger partial charge on any atom is 0.419 e. The van der Waals surface area contributed by atoms with Gasteiger partial charge in [-0.3, -0.25) is 4.57 Å². The normalized spacial score (nSPS) is 14.7. The van der Waals surface area contributed by atoms with Crippen LogP contribution in [-0.2, 0) is 7.05 Å². The monoisotopic (exact) mass is 262 g/mol. The summed E-state index contributed by atoms with van der Waals surface area (Å²) < 4.78 is 6.79. The second-order valence-electron chi connectivity index (χ2n) is 5.08. The van der Waals surface area contributed by atoms with Crippen LogP contribution in [0.1, 0.15) is 38.8 Å². The molecule has 1 N–H and O–H groups in total. The van der Waals surface area contributed by atoms with Crippen LogP contribution in [0.3, 0.4) is 0 Å².